The molecule has 0 saturated carbocycles. The van der Waals surface area contributed by atoms with Crippen molar-refractivity contribution in [2.75, 3.05) is 20.8 Å². The van der Waals surface area contributed by atoms with Crippen LogP contribution in [-0.4, -0.2) is 50.0 Å². The first-order valence-electron chi connectivity index (χ1n) is 8.42. The number of carbonyl (C=O) groups excluding carboxylic acids is 1. The van der Waals surface area contributed by atoms with E-state index < -0.39 is 17.8 Å². The minimum Gasteiger partial charge on any atom is -0.493 e. The number of rotatable bonds is 7. The van der Waals surface area contributed by atoms with Crippen molar-refractivity contribution in [3.8, 4) is 11.5 Å². The molecule has 136 valence electrons. The number of hydrogen-bond acceptors (Lipinski definition) is 5. The van der Waals surface area contributed by atoms with Crippen LogP contribution in [0.2, 0.25) is 0 Å². The Balaban J connectivity index is 1.57. The van der Waals surface area contributed by atoms with Crippen LogP contribution < -0.4 is 14.8 Å². The van der Waals surface area contributed by atoms with E-state index in [4.69, 9.17) is 14.2 Å². The number of amides is 1. The molecular formula is C18H23NO6. The number of carboxylic acid groups (broad SMARTS) is 1. The van der Waals surface area contributed by atoms with Gasteiger partial charge in [-0.2, -0.15) is 0 Å². The third-order valence-corrected chi connectivity index (χ3v) is 5.02. The Morgan fingerprint density at radius 2 is 1.84 bits per heavy atom. The van der Waals surface area contributed by atoms with E-state index in [0.29, 0.717) is 24.5 Å². The van der Waals surface area contributed by atoms with E-state index in [2.05, 4.69) is 5.32 Å². The van der Waals surface area contributed by atoms with Gasteiger partial charge >= 0.3 is 5.97 Å². The van der Waals surface area contributed by atoms with Crippen molar-refractivity contribution >= 4 is 11.9 Å². The molecule has 1 amide bonds. The summed E-state index contributed by atoms with van der Waals surface area (Å²) in [5.41, 5.74) is 0.997. The fourth-order valence-electron chi connectivity index (χ4n) is 3.81. The Bertz CT molecular complexity index is 661. The van der Waals surface area contributed by atoms with E-state index >= 15 is 0 Å². The van der Waals surface area contributed by atoms with Crippen LogP contribution in [0.1, 0.15) is 18.4 Å². The summed E-state index contributed by atoms with van der Waals surface area (Å²) in [5.74, 6) is -1.23. The summed E-state index contributed by atoms with van der Waals surface area (Å²) in [6.07, 6.45) is 1.49. The second-order valence-electron chi connectivity index (χ2n) is 6.41. The van der Waals surface area contributed by atoms with Gasteiger partial charge in [-0.3, -0.25) is 9.59 Å². The molecule has 7 heteroatoms. The second kappa shape index (κ2) is 7.31. The molecule has 2 saturated heterocycles. The maximum atomic E-state index is 12.5. The average Bonchev–Trinajstić information content (AvgIpc) is 3.22. The summed E-state index contributed by atoms with van der Waals surface area (Å²) in [6.45, 7) is 0.425. The standard InChI is InChI=1S/C18H23NO6/c1-23-11-4-3-10(9-14(11)24-2)7-8-19-17(20)15-12-5-6-13(25-12)16(15)18(21)22/h3-4,9,12-13,15-16H,5-8H2,1-2H3,(H,19,20)(H,21,22)/t12-,13-,15-,16+/m1/s1. The first kappa shape index (κ1) is 17.5. The fraction of sp³-hybridized carbons (Fsp3) is 0.556. The number of benzene rings is 1. The summed E-state index contributed by atoms with van der Waals surface area (Å²) >= 11 is 0. The van der Waals surface area contributed by atoms with Crippen molar-refractivity contribution < 1.29 is 28.9 Å². The molecule has 2 aliphatic heterocycles. The van der Waals surface area contributed by atoms with Crippen LogP contribution in [0, 0.1) is 11.8 Å². The number of nitrogens with one attached hydrogen (secondary N) is 1. The maximum Gasteiger partial charge on any atom is 0.310 e. The Morgan fingerprint density at radius 3 is 2.48 bits per heavy atom. The molecule has 1 aromatic carbocycles. The molecule has 4 atom stereocenters. The van der Waals surface area contributed by atoms with Crippen molar-refractivity contribution in [1.82, 2.24) is 5.32 Å². The molecule has 1 aromatic rings. The van der Waals surface area contributed by atoms with E-state index in [9.17, 15) is 14.7 Å². The minimum atomic E-state index is -0.952. The van der Waals surface area contributed by atoms with Crippen LogP contribution in [0.15, 0.2) is 18.2 Å². The third kappa shape index (κ3) is 3.42. The summed E-state index contributed by atoms with van der Waals surface area (Å²) in [7, 11) is 3.15. The van der Waals surface area contributed by atoms with Crippen LogP contribution in [0.25, 0.3) is 0 Å². The lowest BCUT2D eigenvalue weighted by Crippen LogP contribution is -2.44. The Morgan fingerprint density at radius 1 is 1.16 bits per heavy atom. The molecular weight excluding hydrogens is 326 g/mol. The first-order valence-corrected chi connectivity index (χ1v) is 8.42. The van der Waals surface area contributed by atoms with Crippen LogP contribution >= 0.6 is 0 Å². The summed E-state index contributed by atoms with van der Waals surface area (Å²) in [6, 6.07) is 5.60. The van der Waals surface area contributed by atoms with Crippen molar-refractivity contribution in [2.45, 2.75) is 31.5 Å². The lowest BCUT2D eigenvalue weighted by molar-refractivity contribution is -0.147. The molecule has 0 spiro atoms. The third-order valence-electron chi connectivity index (χ3n) is 5.02. The Labute approximate surface area is 146 Å². The molecule has 0 unspecified atom stereocenters. The van der Waals surface area contributed by atoms with Gasteiger partial charge in [0.15, 0.2) is 11.5 Å². The normalized spacial score (nSPS) is 27.1. The Kier molecular flexibility index (Phi) is 5.13. The second-order valence-corrected chi connectivity index (χ2v) is 6.41. The van der Waals surface area contributed by atoms with E-state index in [1.165, 1.54) is 0 Å². The molecule has 0 aromatic heterocycles. The monoisotopic (exact) mass is 349 g/mol. The zero-order valence-electron chi connectivity index (χ0n) is 14.4. The molecule has 2 bridgehead atoms. The topological polar surface area (TPSA) is 94.1 Å². The molecule has 25 heavy (non-hydrogen) atoms. The number of ether oxygens (including phenoxy) is 3. The van der Waals surface area contributed by atoms with Crippen LogP contribution in [-0.2, 0) is 20.7 Å². The highest BCUT2D eigenvalue weighted by molar-refractivity contribution is 5.86. The van der Waals surface area contributed by atoms with Crippen LogP contribution in [0.4, 0.5) is 0 Å². The summed E-state index contributed by atoms with van der Waals surface area (Å²) in [5, 5.41) is 12.2. The van der Waals surface area contributed by atoms with Gasteiger partial charge in [0.1, 0.15) is 0 Å². The van der Waals surface area contributed by atoms with Gasteiger partial charge in [-0.05, 0) is 37.0 Å². The van der Waals surface area contributed by atoms with Gasteiger partial charge in [-0.1, -0.05) is 6.07 Å². The highest BCUT2D eigenvalue weighted by Crippen LogP contribution is 2.43. The number of aliphatic carboxylic acids is 1. The van der Waals surface area contributed by atoms with Gasteiger partial charge in [0.05, 0.1) is 38.3 Å². The van der Waals surface area contributed by atoms with Gasteiger partial charge in [-0.15, -0.1) is 0 Å². The predicted octanol–water partition coefficient (Wildman–Crippen LogP) is 1.24. The van der Waals surface area contributed by atoms with E-state index in [0.717, 1.165) is 18.4 Å². The van der Waals surface area contributed by atoms with Crippen molar-refractivity contribution in [1.29, 1.82) is 0 Å². The van der Waals surface area contributed by atoms with Gasteiger partial charge in [-0.25, -0.2) is 0 Å². The van der Waals surface area contributed by atoms with E-state index in [1.54, 1.807) is 14.2 Å². The van der Waals surface area contributed by atoms with Crippen LogP contribution in [0.5, 0.6) is 11.5 Å². The van der Waals surface area contributed by atoms with Gasteiger partial charge in [0, 0.05) is 6.54 Å². The van der Waals surface area contributed by atoms with Crippen LogP contribution in [0.3, 0.4) is 0 Å². The van der Waals surface area contributed by atoms with E-state index in [1.807, 2.05) is 18.2 Å². The maximum absolute atomic E-state index is 12.5. The number of fused-ring (bicyclic) bond motifs is 2. The van der Waals surface area contributed by atoms with Crippen molar-refractivity contribution in [3.05, 3.63) is 23.8 Å². The SMILES string of the molecule is COc1ccc(CCNC(=O)[C@H]2[C@@H](C(=O)O)[C@H]3CC[C@H]2O3)cc1OC. The summed E-state index contributed by atoms with van der Waals surface area (Å²) < 4.78 is 16.1. The summed E-state index contributed by atoms with van der Waals surface area (Å²) in [4.78, 5) is 23.9. The molecule has 0 radical (unpaired) electrons. The molecule has 7 nitrogen and oxygen atoms in total. The lowest BCUT2D eigenvalue weighted by Gasteiger charge is -2.23. The molecule has 2 N–H and O–H groups in total. The number of carbonyl (C=O) groups is 2. The van der Waals surface area contributed by atoms with Crippen molar-refractivity contribution in [2.24, 2.45) is 11.8 Å². The number of methoxy groups -OCH3 is 2. The Hall–Kier alpha value is -2.28. The van der Waals surface area contributed by atoms with Gasteiger partial charge in [0.2, 0.25) is 5.91 Å². The van der Waals surface area contributed by atoms with Gasteiger partial charge in [0.25, 0.3) is 0 Å². The molecule has 3 rings (SSSR count). The highest BCUT2D eigenvalue weighted by atomic mass is 16.5. The number of hydrogen-bond donors (Lipinski definition) is 2. The molecule has 2 aliphatic rings. The van der Waals surface area contributed by atoms with E-state index in [-0.39, 0.29) is 18.1 Å². The lowest BCUT2D eigenvalue weighted by atomic mass is 9.78. The van der Waals surface area contributed by atoms with Gasteiger partial charge < -0.3 is 24.6 Å². The zero-order chi connectivity index (χ0) is 18.0. The molecule has 2 fully saturated rings. The average molecular weight is 349 g/mol. The minimum absolute atomic E-state index is 0.236. The quantitative estimate of drug-likeness (QED) is 0.769. The van der Waals surface area contributed by atoms with Crippen molar-refractivity contribution in [3.63, 3.8) is 0 Å². The largest absolute Gasteiger partial charge is 0.493 e. The smallest absolute Gasteiger partial charge is 0.310 e. The number of carboxylic acids is 1. The zero-order valence-corrected chi connectivity index (χ0v) is 14.4. The molecule has 0 aliphatic carbocycles. The predicted molar refractivity (Wildman–Crippen MR) is 88.8 cm³/mol. The molecule has 2 heterocycles. The highest BCUT2D eigenvalue weighted by Gasteiger charge is 2.55. The fourth-order valence-corrected chi connectivity index (χ4v) is 3.81. The first-order chi connectivity index (χ1) is 12.0.